The third-order valence-electron chi connectivity index (χ3n) is 21.6. The van der Waals surface area contributed by atoms with Gasteiger partial charge in [0.05, 0.1) is 54.0 Å². The summed E-state index contributed by atoms with van der Waals surface area (Å²) in [5, 5.41) is 12.9. The van der Waals surface area contributed by atoms with Gasteiger partial charge in [0.15, 0.2) is 22.7 Å². The summed E-state index contributed by atoms with van der Waals surface area (Å²) in [6.45, 7) is 32.7. The van der Waals surface area contributed by atoms with Crippen molar-refractivity contribution in [2.24, 2.45) is 0 Å². The number of anilines is 6. The van der Waals surface area contributed by atoms with Crippen molar-refractivity contribution in [2.45, 2.75) is 0 Å². The average Bonchev–Trinajstić information content (AvgIpc) is 1.02. The van der Waals surface area contributed by atoms with Gasteiger partial charge in [0.1, 0.15) is 0 Å². The molecule has 0 aliphatic rings. The Kier molecular flexibility index (Phi) is 17.0. The molecule has 8 nitrogen and oxygen atoms in total. The summed E-state index contributed by atoms with van der Waals surface area (Å²) in [6.07, 6.45) is 0. The van der Waals surface area contributed by atoms with E-state index in [1.165, 1.54) is 16.2 Å². The maximum absolute atomic E-state index is 8.27. The van der Waals surface area contributed by atoms with Crippen molar-refractivity contribution in [1.29, 1.82) is 0 Å². The van der Waals surface area contributed by atoms with Gasteiger partial charge >= 0.3 is 0 Å². The van der Waals surface area contributed by atoms with Gasteiger partial charge in [0.2, 0.25) is 0 Å². The van der Waals surface area contributed by atoms with Crippen LogP contribution in [0.1, 0.15) is 0 Å². The van der Waals surface area contributed by atoms with Gasteiger partial charge in [0, 0.05) is 66.7 Å². The van der Waals surface area contributed by atoms with E-state index in [1.54, 1.807) is 0 Å². The summed E-state index contributed by atoms with van der Waals surface area (Å²) in [7, 11) is 0. The fraction of sp³-hybridized carbons (Fsp3) is 0. The lowest BCUT2D eigenvalue weighted by Crippen LogP contribution is -2.11. The molecule has 0 atom stereocenters. The van der Waals surface area contributed by atoms with Gasteiger partial charge in [-0.1, -0.05) is 273 Å². The van der Waals surface area contributed by atoms with Gasteiger partial charge in [-0.05, 0) is 197 Å². The highest BCUT2D eigenvalue weighted by Gasteiger charge is 2.28. The molecule has 0 saturated heterocycles. The number of aromatic nitrogens is 2. The molecule has 0 fully saturated rings. The molecule has 520 valence electrons. The van der Waals surface area contributed by atoms with Crippen LogP contribution in [0.3, 0.4) is 0 Å². The Morgan fingerprint density at radius 2 is 0.491 bits per heavy atom. The van der Waals surface area contributed by atoms with Crippen molar-refractivity contribution in [3.8, 4) is 55.9 Å². The van der Waals surface area contributed by atoms with Crippen molar-refractivity contribution in [1.82, 2.24) is 9.13 Å². The largest absolute Gasteiger partial charge is 0.310 e. The second kappa shape index (κ2) is 28.5. The summed E-state index contributed by atoms with van der Waals surface area (Å²) in [6, 6.07) is 134. The number of hydrogen-bond donors (Lipinski definition) is 0. The molecule has 0 saturated carbocycles. The Morgan fingerprint density at radius 3 is 0.929 bits per heavy atom. The van der Waals surface area contributed by atoms with E-state index >= 15 is 0 Å². The topological polar surface area (TPSA) is 33.8 Å². The molecule has 0 amide bonds. The SMILES string of the molecule is [C-]#[N+]c1ccccc1-c1c2ccccc2c(-c2ccccc2[N+]#[C-])c2c(N(c3ccccc3)c3ccc4c(c3)c3ccccc3n4-c3ccccc3)cccc12.[C-]#[N+]c1ccccc1-c1c2ccccc2c(-c2ccccc2[N+]#[C-])c2cc(N(c3ccccc3)c3ccc4c(c3)c3ccccc3n4-c3ccccc3)ccc12. The van der Waals surface area contributed by atoms with E-state index in [1.807, 2.05) is 91.0 Å². The molecule has 0 N–H and O–H groups in total. The van der Waals surface area contributed by atoms with Gasteiger partial charge < -0.3 is 18.9 Å². The Hall–Kier alpha value is -15.8. The number of fused-ring (bicyclic) bond motifs is 10. The van der Waals surface area contributed by atoms with Gasteiger partial charge in [-0.25, -0.2) is 19.4 Å². The van der Waals surface area contributed by atoms with E-state index in [0.717, 1.165) is 161 Å². The van der Waals surface area contributed by atoms with Crippen LogP contribution in [0, 0.1) is 26.3 Å². The lowest BCUT2D eigenvalue weighted by molar-refractivity contribution is 1.18. The van der Waals surface area contributed by atoms with E-state index in [2.05, 4.69) is 336 Å². The Balaban J connectivity index is 0.000000151. The maximum atomic E-state index is 8.27. The first-order chi connectivity index (χ1) is 55.5. The highest BCUT2D eigenvalue weighted by molar-refractivity contribution is 6.28. The fourth-order valence-corrected chi connectivity index (χ4v) is 16.9. The molecule has 0 unspecified atom stereocenters. The van der Waals surface area contributed by atoms with Crippen LogP contribution >= 0.6 is 0 Å². The first-order valence-electron chi connectivity index (χ1n) is 37.2. The number of hydrogen-bond acceptors (Lipinski definition) is 2. The molecular weight excluding hydrogens is 1360 g/mol. The third kappa shape index (κ3) is 11.3. The zero-order valence-corrected chi connectivity index (χ0v) is 60.5. The van der Waals surface area contributed by atoms with Crippen molar-refractivity contribution in [3.05, 3.63) is 434 Å². The van der Waals surface area contributed by atoms with Crippen molar-refractivity contribution >= 4 is 144 Å². The van der Waals surface area contributed by atoms with Gasteiger partial charge in [-0.3, -0.25) is 0 Å². The quantitative estimate of drug-likeness (QED) is 0.0902. The molecule has 0 spiro atoms. The van der Waals surface area contributed by atoms with E-state index in [9.17, 15) is 0 Å². The molecule has 0 radical (unpaired) electrons. The van der Waals surface area contributed by atoms with Crippen LogP contribution in [0.2, 0.25) is 0 Å². The predicted octanol–water partition coefficient (Wildman–Crippen LogP) is 30.0. The van der Waals surface area contributed by atoms with Crippen LogP contribution in [-0.2, 0) is 0 Å². The molecule has 8 heteroatoms. The van der Waals surface area contributed by atoms with E-state index in [-0.39, 0.29) is 0 Å². The zero-order chi connectivity index (χ0) is 75.2. The molecular formula is C104H64N8. The second-order valence-corrected chi connectivity index (χ2v) is 27.7. The van der Waals surface area contributed by atoms with E-state index < -0.39 is 0 Å². The standard InChI is InChI=1S/2C52H32N4/c1-53-45-28-14-11-25-41(45)50-39-23-9-10-24-40(39)51(42-26-12-15-29-46(42)54-2)52-43(50)27-17-31-49(52)55(35-18-5-3-6-19-35)37-32-33-48-44(34-37)38-22-13-16-30-47(38)56(48)36-20-7-4-8-21-36;1-53-47-26-14-11-24-43(47)51-40-22-9-10-23-41(40)52(44-25-12-15-27-48(44)54-2)46-34-37(29-31-42(46)51)55(35-17-5-3-6-18-35)38-30-32-50-45(33-38)39-21-13-16-28-49(39)56(50)36-19-7-4-8-20-36/h2*3-34H. The lowest BCUT2D eigenvalue weighted by atomic mass is 9.84. The first-order valence-corrected chi connectivity index (χ1v) is 37.2. The molecule has 20 rings (SSSR count). The van der Waals surface area contributed by atoms with Crippen LogP contribution in [0.5, 0.6) is 0 Å². The summed E-state index contributed by atoms with van der Waals surface area (Å²) >= 11 is 0. The monoisotopic (exact) mass is 1420 g/mol. The van der Waals surface area contributed by atoms with E-state index in [0.29, 0.717) is 22.7 Å². The van der Waals surface area contributed by atoms with Gasteiger partial charge in [0.25, 0.3) is 0 Å². The summed E-state index contributed by atoms with van der Waals surface area (Å²) in [5.41, 5.74) is 22.8. The number of benzene rings is 18. The maximum Gasteiger partial charge on any atom is 0.194 e. The normalized spacial score (nSPS) is 11.2. The minimum atomic E-state index is 0.587. The first kappa shape index (κ1) is 66.8. The van der Waals surface area contributed by atoms with Gasteiger partial charge in [-0.2, -0.15) is 0 Å². The summed E-state index contributed by atoms with van der Waals surface area (Å²) < 4.78 is 4.68. The minimum Gasteiger partial charge on any atom is -0.310 e. The Labute approximate surface area is 648 Å². The van der Waals surface area contributed by atoms with Crippen molar-refractivity contribution in [3.63, 3.8) is 0 Å². The minimum absolute atomic E-state index is 0.587. The van der Waals surface area contributed by atoms with Gasteiger partial charge in [-0.15, -0.1) is 0 Å². The molecule has 0 aliphatic carbocycles. The van der Waals surface area contributed by atoms with Crippen LogP contribution in [0.25, 0.3) is 162 Å². The fourth-order valence-electron chi connectivity index (χ4n) is 16.9. The second-order valence-electron chi connectivity index (χ2n) is 27.7. The summed E-state index contributed by atoms with van der Waals surface area (Å²) in [5.74, 6) is 0. The summed E-state index contributed by atoms with van der Waals surface area (Å²) in [4.78, 5) is 20.7. The number of para-hydroxylation sites is 10. The molecule has 0 bridgehead atoms. The highest BCUT2D eigenvalue weighted by Crippen LogP contribution is 2.55. The average molecular weight is 1430 g/mol. The molecule has 112 heavy (non-hydrogen) atoms. The van der Waals surface area contributed by atoms with Crippen molar-refractivity contribution in [2.75, 3.05) is 9.80 Å². The Morgan fingerprint density at radius 1 is 0.196 bits per heavy atom. The molecule has 20 aromatic rings. The van der Waals surface area contributed by atoms with Crippen molar-refractivity contribution < 1.29 is 0 Å². The number of rotatable bonds is 12. The number of nitrogens with zero attached hydrogens (tertiary/aromatic N) is 8. The predicted molar refractivity (Wildman–Crippen MR) is 468 cm³/mol. The van der Waals surface area contributed by atoms with Crippen LogP contribution in [0.4, 0.5) is 56.9 Å². The van der Waals surface area contributed by atoms with Crippen LogP contribution in [0.15, 0.2) is 388 Å². The lowest BCUT2D eigenvalue weighted by Gasteiger charge is -2.29. The molecule has 18 aromatic carbocycles. The molecule has 2 heterocycles. The third-order valence-corrected chi connectivity index (χ3v) is 21.6. The molecule has 2 aromatic heterocycles. The highest BCUT2D eigenvalue weighted by atomic mass is 15.2. The van der Waals surface area contributed by atoms with Crippen LogP contribution < -0.4 is 9.80 Å². The van der Waals surface area contributed by atoms with E-state index in [4.69, 9.17) is 26.3 Å². The smallest absolute Gasteiger partial charge is 0.194 e. The molecule has 0 aliphatic heterocycles. The van der Waals surface area contributed by atoms with Crippen LogP contribution in [-0.4, -0.2) is 9.13 Å². The Bertz CT molecular complexity index is 7240. The zero-order valence-electron chi connectivity index (χ0n) is 60.5.